The normalized spacial score (nSPS) is 13.4. The number of fused-ring (bicyclic) bond motifs is 1. The van der Waals surface area contributed by atoms with Crippen LogP contribution in [0.1, 0.15) is 30.0 Å². The van der Waals surface area contributed by atoms with Crippen molar-refractivity contribution < 1.29 is 0 Å². The van der Waals surface area contributed by atoms with Gasteiger partial charge in [-0.15, -0.1) is 0 Å². The number of hydrogen-bond donors (Lipinski definition) is 1. The first-order chi connectivity index (χ1) is 6.61. The van der Waals surface area contributed by atoms with Gasteiger partial charge in [0.15, 0.2) is 0 Å². The van der Waals surface area contributed by atoms with Crippen LogP contribution in [0.2, 0.25) is 0 Å². The summed E-state index contributed by atoms with van der Waals surface area (Å²) in [7, 11) is 0. The number of pyridine rings is 1. The summed E-state index contributed by atoms with van der Waals surface area (Å²) >= 11 is 0. The summed E-state index contributed by atoms with van der Waals surface area (Å²) in [6.07, 6.45) is 0. The average molecular weight is 189 g/mol. The minimum absolute atomic E-state index is 0.0195. The molecule has 1 unspecified atom stereocenters. The maximum absolute atomic E-state index is 5.93. The van der Waals surface area contributed by atoms with Gasteiger partial charge in [-0.1, -0.05) is 6.07 Å². The molecule has 3 nitrogen and oxygen atoms in total. The van der Waals surface area contributed by atoms with Crippen molar-refractivity contribution in [2.45, 2.75) is 26.8 Å². The van der Waals surface area contributed by atoms with E-state index < -0.39 is 0 Å². The summed E-state index contributed by atoms with van der Waals surface area (Å²) in [6, 6.07) is 6.11. The van der Waals surface area contributed by atoms with Crippen molar-refractivity contribution in [3.05, 3.63) is 35.3 Å². The van der Waals surface area contributed by atoms with Crippen molar-refractivity contribution in [1.29, 1.82) is 0 Å². The lowest BCUT2D eigenvalue weighted by atomic mass is 10.2. The third-order valence-electron chi connectivity index (χ3n) is 2.49. The molecular formula is C11H15N3. The maximum Gasteiger partial charge on any atom is 0.137 e. The Labute approximate surface area is 83.6 Å². The number of aryl methyl sites for hydroxylation is 2. The standard InChI is InChI=1S/C11H15N3/c1-7-5-4-6-10-13-9(3)11(8(2)12)14(7)10/h4-6,8H,12H2,1-3H3. The van der Waals surface area contributed by atoms with E-state index in [1.165, 1.54) is 5.69 Å². The van der Waals surface area contributed by atoms with Crippen molar-refractivity contribution >= 4 is 5.65 Å². The summed E-state index contributed by atoms with van der Waals surface area (Å²) in [6.45, 7) is 6.06. The molecular weight excluding hydrogens is 174 g/mol. The van der Waals surface area contributed by atoms with Gasteiger partial charge in [-0.25, -0.2) is 4.98 Å². The topological polar surface area (TPSA) is 43.3 Å². The Morgan fingerprint density at radius 1 is 1.36 bits per heavy atom. The van der Waals surface area contributed by atoms with Gasteiger partial charge >= 0.3 is 0 Å². The van der Waals surface area contributed by atoms with Gasteiger partial charge in [0.1, 0.15) is 5.65 Å². The SMILES string of the molecule is Cc1nc2cccc(C)n2c1C(C)N. The monoisotopic (exact) mass is 189 g/mol. The van der Waals surface area contributed by atoms with E-state index in [9.17, 15) is 0 Å². The molecule has 0 aliphatic rings. The molecule has 74 valence electrons. The lowest BCUT2D eigenvalue weighted by Gasteiger charge is -2.08. The van der Waals surface area contributed by atoms with Crippen LogP contribution in [0.3, 0.4) is 0 Å². The van der Waals surface area contributed by atoms with Crippen LogP contribution in [0.4, 0.5) is 0 Å². The van der Waals surface area contributed by atoms with Crippen LogP contribution < -0.4 is 5.73 Å². The van der Waals surface area contributed by atoms with E-state index in [0.29, 0.717) is 0 Å². The lowest BCUT2D eigenvalue weighted by Crippen LogP contribution is -2.10. The predicted octanol–water partition coefficient (Wildman–Crippen LogP) is 1.97. The molecule has 2 N–H and O–H groups in total. The molecule has 0 radical (unpaired) electrons. The first kappa shape index (κ1) is 9.21. The molecule has 2 aromatic rings. The summed E-state index contributed by atoms with van der Waals surface area (Å²) < 4.78 is 2.12. The zero-order valence-corrected chi connectivity index (χ0v) is 8.78. The smallest absolute Gasteiger partial charge is 0.137 e. The van der Waals surface area contributed by atoms with E-state index in [0.717, 1.165) is 17.0 Å². The highest BCUT2D eigenvalue weighted by atomic mass is 15.0. The number of aromatic nitrogens is 2. The van der Waals surface area contributed by atoms with Gasteiger partial charge in [-0.2, -0.15) is 0 Å². The summed E-state index contributed by atoms with van der Waals surface area (Å²) in [4.78, 5) is 4.48. The highest BCUT2D eigenvalue weighted by Crippen LogP contribution is 2.19. The summed E-state index contributed by atoms with van der Waals surface area (Å²) in [5.74, 6) is 0. The van der Waals surface area contributed by atoms with Crippen LogP contribution in [0.25, 0.3) is 5.65 Å². The van der Waals surface area contributed by atoms with Crippen LogP contribution in [0.15, 0.2) is 18.2 Å². The van der Waals surface area contributed by atoms with Gasteiger partial charge in [-0.05, 0) is 32.9 Å². The van der Waals surface area contributed by atoms with Gasteiger partial charge in [0.25, 0.3) is 0 Å². The van der Waals surface area contributed by atoms with E-state index >= 15 is 0 Å². The van der Waals surface area contributed by atoms with Gasteiger partial charge < -0.3 is 5.73 Å². The second kappa shape index (κ2) is 3.10. The van der Waals surface area contributed by atoms with Crippen LogP contribution in [0, 0.1) is 13.8 Å². The Hall–Kier alpha value is -1.35. The third kappa shape index (κ3) is 1.21. The summed E-state index contributed by atoms with van der Waals surface area (Å²) in [5.41, 5.74) is 10.2. The maximum atomic E-state index is 5.93. The zero-order valence-electron chi connectivity index (χ0n) is 8.78. The largest absolute Gasteiger partial charge is 0.323 e. The Kier molecular flexibility index (Phi) is 2.04. The molecule has 0 aliphatic heterocycles. The quantitative estimate of drug-likeness (QED) is 0.745. The van der Waals surface area contributed by atoms with Gasteiger partial charge in [-0.3, -0.25) is 4.40 Å². The molecule has 0 fully saturated rings. The Morgan fingerprint density at radius 2 is 2.07 bits per heavy atom. The second-order valence-corrected chi connectivity index (χ2v) is 3.73. The minimum Gasteiger partial charge on any atom is -0.323 e. The van der Waals surface area contributed by atoms with Gasteiger partial charge in [0, 0.05) is 11.7 Å². The van der Waals surface area contributed by atoms with Crippen molar-refractivity contribution in [2.75, 3.05) is 0 Å². The molecule has 3 heteroatoms. The van der Waals surface area contributed by atoms with Crippen LogP contribution >= 0.6 is 0 Å². The molecule has 0 aliphatic carbocycles. The number of nitrogens with zero attached hydrogens (tertiary/aromatic N) is 2. The molecule has 0 spiro atoms. The molecule has 0 bridgehead atoms. The highest BCUT2D eigenvalue weighted by molar-refractivity contribution is 5.45. The third-order valence-corrected chi connectivity index (χ3v) is 2.49. The second-order valence-electron chi connectivity index (χ2n) is 3.73. The molecule has 0 saturated carbocycles. The summed E-state index contributed by atoms with van der Waals surface area (Å²) in [5, 5.41) is 0. The molecule has 14 heavy (non-hydrogen) atoms. The zero-order chi connectivity index (χ0) is 10.3. The molecule has 1 atom stereocenters. The van der Waals surface area contributed by atoms with Crippen molar-refractivity contribution in [3.8, 4) is 0 Å². The predicted molar refractivity (Wildman–Crippen MR) is 57.3 cm³/mol. The van der Waals surface area contributed by atoms with Crippen molar-refractivity contribution in [1.82, 2.24) is 9.38 Å². The van der Waals surface area contributed by atoms with E-state index in [4.69, 9.17) is 5.73 Å². The fraction of sp³-hybridized carbons (Fsp3) is 0.364. The fourth-order valence-electron chi connectivity index (χ4n) is 1.93. The van der Waals surface area contributed by atoms with Crippen LogP contribution in [0.5, 0.6) is 0 Å². The first-order valence-corrected chi connectivity index (χ1v) is 4.81. The number of hydrogen-bond acceptors (Lipinski definition) is 2. The molecule has 0 aromatic carbocycles. The average Bonchev–Trinajstić information content (AvgIpc) is 2.42. The van der Waals surface area contributed by atoms with E-state index in [1.54, 1.807) is 0 Å². The Balaban J connectivity index is 2.86. The Bertz CT molecular complexity index is 469. The van der Waals surface area contributed by atoms with E-state index in [2.05, 4.69) is 22.4 Å². The lowest BCUT2D eigenvalue weighted by molar-refractivity contribution is 0.754. The number of rotatable bonds is 1. The van der Waals surface area contributed by atoms with Crippen molar-refractivity contribution in [3.63, 3.8) is 0 Å². The van der Waals surface area contributed by atoms with Crippen molar-refractivity contribution in [2.24, 2.45) is 5.73 Å². The van der Waals surface area contributed by atoms with E-state index in [1.807, 2.05) is 26.0 Å². The highest BCUT2D eigenvalue weighted by Gasteiger charge is 2.12. The number of imidazole rings is 1. The molecule has 2 heterocycles. The van der Waals surface area contributed by atoms with Crippen LogP contribution in [-0.4, -0.2) is 9.38 Å². The molecule has 0 amide bonds. The van der Waals surface area contributed by atoms with Gasteiger partial charge in [0.05, 0.1) is 11.4 Å². The first-order valence-electron chi connectivity index (χ1n) is 4.81. The van der Waals surface area contributed by atoms with Gasteiger partial charge in [0.2, 0.25) is 0 Å². The number of nitrogens with two attached hydrogens (primary N) is 1. The fourth-order valence-corrected chi connectivity index (χ4v) is 1.93. The molecule has 2 aromatic heterocycles. The minimum atomic E-state index is 0.0195. The molecule has 0 saturated heterocycles. The van der Waals surface area contributed by atoms with Crippen LogP contribution in [-0.2, 0) is 0 Å². The Morgan fingerprint density at radius 3 is 2.71 bits per heavy atom. The molecule has 2 rings (SSSR count). The van der Waals surface area contributed by atoms with E-state index in [-0.39, 0.29) is 6.04 Å².